The van der Waals surface area contributed by atoms with Crippen LogP contribution in [0, 0.1) is 0 Å². The molecular weight excluding hydrogens is 358 g/mol. The first-order chi connectivity index (χ1) is 12.1. The van der Waals surface area contributed by atoms with Crippen LogP contribution in [0.4, 0.5) is 0 Å². The van der Waals surface area contributed by atoms with Crippen LogP contribution in [0.3, 0.4) is 0 Å². The molecule has 0 bridgehead atoms. The molecule has 0 fully saturated rings. The van der Waals surface area contributed by atoms with E-state index in [9.17, 15) is 13.2 Å². The molecule has 0 saturated heterocycles. The van der Waals surface area contributed by atoms with E-state index in [2.05, 4.69) is 15.3 Å². The van der Waals surface area contributed by atoms with Gasteiger partial charge in [-0.1, -0.05) is 12.1 Å². The van der Waals surface area contributed by atoms with Crippen LogP contribution in [0.2, 0.25) is 0 Å². The fourth-order valence-electron chi connectivity index (χ4n) is 2.32. The van der Waals surface area contributed by atoms with Gasteiger partial charge in [-0.05, 0) is 35.2 Å². The Balaban J connectivity index is 1.87. The van der Waals surface area contributed by atoms with Gasteiger partial charge in [0.15, 0.2) is 9.84 Å². The van der Waals surface area contributed by atoms with Gasteiger partial charge >= 0.3 is 0 Å². The van der Waals surface area contributed by atoms with Crippen LogP contribution in [0.15, 0.2) is 70.8 Å². The maximum absolute atomic E-state index is 13.0. The molecule has 3 rings (SSSR count). The zero-order valence-electron chi connectivity index (χ0n) is 13.1. The molecule has 0 aliphatic heterocycles. The number of amides is 1. The number of hydrogen-bond donors (Lipinski definition) is 1. The average Bonchev–Trinajstić information content (AvgIpc) is 3.19. The molecule has 25 heavy (non-hydrogen) atoms. The van der Waals surface area contributed by atoms with Crippen LogP contribution in [0.5, 0.6) is 0 Å². The Morgan fingerprint density at radius 1 is 1.08 bits per heavy atom. The highest BCUT2D eigenvalue weighted by Gasteiger charge is 2.30. The smallest absolute Gasteiger partial charge is 0.252 e. The zero-order valence-corrected chi connectivity index (χ0v) is 14.7. The predicted molar refractivity (Wildman–Crippen MR) is 95.1 cm³/mol. The minimum absolute atomic E-state index is 0.0559. The molecule has 0 radical (unpaired) electrons. The maximum atomic E-state index is 13.0. The van der Waals surface area contributed by atoms with Gasteiger partial charge < -0.3 is 5.32 Å². The number of hydrogen-bond acceptors (Lipinski definition) is 6. The van der Waals surface area contributed by atoms with Crippen molar-refractivity contribution in [2.45, 2.75) is 9.46 Å². The van der Waals surface area contributed by atoms with Gasteiger partial charge in [-0.25, -0.2) is 8.42 Å². The summed E-state index contributed by atoms with van der Waals surface area (Å²) >= 11 is 1.15. The van der Waals surface area contributed by atoms with Gasteiger partial charge in [-0.3, -0.25) is 14.8 Å². The van der Waals surface area contributed by atoms with Crippen molar-refractivity contribution < 1.29 is 13.2 Å². The van der Waals surface area contributed by atoms with E-state index in [1.54, 1.807) is 54.2 Å². The summed E-state index contributed by atoms with van der Waals surface area (Å²) < 4.78 is 26.2. The lowest BCUT2D eigenvalue weighted by Crippen LogP contribution is -2.31. The third-order valence-electron chi connectivity index (χ3n) is 3.58. The Bertz CT molecular complexity index is 928. The molecule has 0 spiro atoms. The molecule has 6 nitrogen and oxygen atoms in total. The second kappa shape index (κ2) is 7.54. The maximum Gasteiger partial charge on any atom is 0.252 e. The molecule has 0 unspecified atom stereocenters. The Kier molecular flexibility index (Phi) is 5.20. The molecule has 128 valence electrons. The van der Waals surface area contributed by atoms with Gasteiger partial charge in [-0.2, -0.15) is 0 Å². The number of thiophene rings is 1. The minimum atomic E-state index is -3.64. The Labute approximate surface area is 149 Å². The highest BCUT2D eigenvalue weighted by Crippen LogP contribution is 2.30. The van der Waals surface area contributed by atoms with Crippen LogP contribution < -0.4 is 5.32 Å². The van der Waals surface area contributed by atoms with E-state index in [1.165, 1.54) is 12.4 Å². The van der Waals surface area contributed by atoms with Crippen LogP contribution in [0.25, 0.3) is 0 Å². The SMILES string of the molecule is O=C(NC[C@@H](c1cccnc1)S(=O)(=O)c1cccs1)c1cccnc1. The molecule has 0 aliphatic carbocycles. The monoisotopic (exact) mass is 373 g/mol. The van der Waals surface area contributed by atoms with Crippen LogP contribution in [-0.2, 0) is 9.84 Å². The second-order valence-corrected chi connectivity index (χ2v) is 8.51. The van der Waals surface area contributed by atoms with Crippen molar-refractivity contribution >= 4 is 27.1 Å². The summed E-state index contributed by atoms with van der Waals surface area (Å²) in [7, 11) is -3.64. The minimum Gasteiger partial charge on any atom is -0.350 e. The van der Waals surface area contributed by atoms with Crippen molar-refractivity contribution in [2.75, 3.05) is 6.54 Å². The number of nitrogens with one attached hydrogen (secondary N) is 1. The number of pyridine rings is 2. The zero-order chi connectivity index (χ0) is 17.7. The first-order valence-corrected chi connectivity index (χ1v) is 9.87. The van der Waals surface area contributed by atoms with Crippen molar-refractivity contribution in [1.82, 2.24) is 15.3 Å². The molecule has 0 aromatic carbocycles. The lowest BCUT2D eigenvalue weighted by molar-refractivity contribution is 0.0953. The van der Waals surface area contributed by atoms with Crippen molar-refractivity contribution in [2.24, 2.45) is 0 Å². The van der Waals surface area contributed by atoms with Crippen molar-refractivity contribution in [1.29, 1.82) is 0 Å². The third kappa shape index (κ3) is 3.92. The Morgan fingerprint density at radius 2 is 1.84 bits per heavy atom. The Morgan fingerprint density at radius 3 is 2.44 bits per heavy atom. The van der Waals surface area contributed by atoms with E-state index < -0.39 is 15.1 Å². The van der Waals surface area contributed by atoms with Crippen molar-refractivity contribution in [3.05, 3.63) is 77.7 Å². The number of aromatic nitrogens is 2. The molecule has 3 heterocycles. The van der Waals surface area contributed by atoms with E-state index in [4.69, 9.17) is 0 Å². The average molecular weight is 373 g/mol. The highest BCUT2D eigenvalue weighted by atomic mass is 32.2. The molecular formula is C17H15N3O3S2. The fourth-order valence-corrected chi connectivity index (χ4v) is 5.17. The molecule has 0 aliphatic rings. The number of rotatable bonds is 6. The first kappa shape index (κ1) is 17.2. The van der Waals surface area contributed by atoms with Gasteiger partial charge in [0.1, 0.15) is 9.46 Å². The summed E-state index contributed by atoms with van der Waals surface area (Å²) in [4.78, 5) is 20.1. The Hall–Kier alpha value is -2.58. The summed E-state index contributed by atoms with van der Waals surface area (Å²) in [5.41, 5.74) is 0.906. The summed E-state index contributed by atoms with van der Waals surface area (Å²) in [6, 6.07) is 9.89. The summed E-state index contributed by atoms with van der Waals surface area (Å²) in [6.07, 6.45) is 6.08. The summed E-state index contributed by atoms with van der Waals surface area (Å²) in [6.45, 7) is -0.0559. The van der Waals surface area contributed by atoms with E-state index in [-0.39, 0.29) is 16.7 Å². The molecule has 1 N–H and O–H groups in total. The van der Waals surface area contributed by atoms with Crippen LogP contribution >= 0.6 is 11.3 Å². The van der Waals surface area contributed by atoms with Gasteiger partial charge in [0.05, 0.1) is 5.56 Å². The van der Waals surface area contributed by atoms with Gasteiger partial charge in [0, 0.05) is 31.3 Å². The molecule has 1 atom stereocenters. The number of sulfone groups is 1. The van der Waals surface area contributed by atoms with Gasteiger partial charge in [0.25, 0.3) is 5.91 Å². The quantitative estimate of drug-likeness (QED) is 0.717. The van der Waals surface area contributed by atoms with E-state index >= 15 is 0 Å². The van der Waals surface area contributed by atoms with E-state index in [1.807, 2.05) is 0 Å². The molecule has 1 amide bonds. The highest BCUT2D eigenvalue weighted by molar-refractivity contribution is 7.93. The predicted octanol–water partition coefficient (Wildman–Crippen LogP) is 2.48. The molecule has 8 heteroatoms. The topological polar surface area (TPSA) is 89.0 Å². The van der Waals surface area contributed by atoms with Gasteiger partial charge in [-0.15, -0.1) is 11.3 Å². The largest absolute Gasteiger partial charge is 0.350 e. The van der Waals surface area contributed by atoms with Crippen LogP contribution in [0.1, 0.15) is 21.2 Å². The first-order valence-electron chi connectivity index (χ1n) is 7.44. The number of carbonyl (C=O) groups is 1. The summed E-state index contributed by atoms with van der Waals surface area (Å²) in [5, 5.41) is 3.48. The molecule has 3 aromatic heterocycles. The molecule has 0 saturated carbocycles. The normalized spacial score (nSPS) is 12.5. The van der Waals surface area contributed by atoms with Crippen LogP contribution in [-0.4, -0.2) is 30.8 Å². The van der Waals surface area contributed by atoms with Crippen molar-refractivity contribution in [3.63, 3.8) is 0 Å². The second-order valence-electron chi connectivity index (χ2n) is 5.20. The number of nitrogens with zero attached hydrogens (tertiary/aromatic N) is 2. The fraction of sp³-hybridized carbons (Fsp3) is 0.118. The standard InChI is InChI=1S/C17H15N3O3S2/c21-17(14-5-2-8-19-11-14)20-12-15(13-4-1-7-18-10-13)25(22,23)16-6-3-9-24-16/h1-11,15H,12H2,(H,20,21)/t15-/m0/s1. The van der Waals surface area contributed by atoms with Gasteiger partial charge in [0.2, 0.25) is 0 Å². The molecule has 3 aromatic rings. The summed E-state index contributed by atoms with van der Waals surface area (Å²) in [5.74, 6) is -0.372. The lowest BCUT2D eigenvalue weighted by Gasteiger charge is -2.17. The lowest BCUT2D eigenvalue weighted by atomic mass is 10.2. The third-order valence-corrected chi connectivity index (χ3v) is 7.11. The van der Waals surface area contributed by atoms with E-state index in [0.717, 1.165) is 11.3 Å². The van der Waals surface area contributed by atoms with Crippen molar-refractivity contribution in [3.8, 4) is 0 Å². The number of carbonyl (C=O) groups excluding carboxylic acids is 1. The van der Waals surface area contributed by atoms with E-state index in [0.29, 0.717) is 11.1 Å².